The highest BCUT2D eigenvalue weighted by Gasteiger charge is 2.12. The summed E-state index contributed by atoms with van der Waals surface area (Å²) in [6.45, 7) is 0.0966. The molecule has 7 nitrogen and oxygen atoms in total. The summed E-state index contributed by atoms with van der Waals surface area (Å²) in [6.07, 6.45) is 1.47. The lowest BCUT2D eigenvalue weighted by atomic mass is 10.3. The second-order valence-corrected chi connectivity index (χ2v) is 6.26. The van der Waals surface area contributed by atoms with Gasteiger partial charge in [0.05, 0.1) is 10.5 Å². The molecule has 0 amide bonds. The first-order chi connectivity index (χ1) is 10.9. The van der Waals surface area contributed by atoms with E-state index < -0.39 is 16.0 Å². The monoisotopic (exact) mass is 356 g/mol. The van der Waals surface area contributed by atoms with Crippen LogP contribution in [0.2, 0.25) is 5.15 Å². The lowest BCUT2D eigenvalue weighted by Crippen LogP contribution is -2.13. The molecule has 1 aromatic heterocycles. The molecule has 0 atom stereocenters. The quantitative estimate of drug-likeness (QED) is 0.478. The standard InChI is InChI=1S/C14H13ClN2O5S/c15-13-12(2-1-7-17-13)14(18)22-9-8-21-10-3-5-11(6-4-10)23(16,19)20/h1-7H,8-9H2,(H2,16,19,20). The molecule has 23 heavy (non-hydrogen) atoms. The number of sulfonamides is 1. The van der Waals surface area contributed by atoms with Crippen molar-refractivity contribution in [2.75, 3.05) is 13.2 Å². The minimum atomic E-state index is -3.73. The number of nitrogens with two attached hydrogens (primary N) is 1. The number of halogens is 1. The van der Waals surface area contributed by atoms with Crippen molar-refractivity contribution in [1.82, 2.24) is 4.98 Å². The number of rotatable bonds is 6. The van der Waals surface area contributed by atoms with Crippen LogP contribution >= 0.6 is 11.6 Å². The molecule has 0 unspecified atom stereocenters. The van der Waals surface area contributed by atoms with Crippen molar-refractivity contribution in [3.63, 3.8) is 0 Å². The predicted octanol–water partition coefficient (Wildman–Crippen LogP) is 1.62. The fourth-order valence-corrected chi connectivity index (χ4v) is 2.35. The Kier molecular flexibility index (Phi) is 5.54. The lowest BCUT2D eigenvalue weighted by Gasteiger charge is -2.08. The summed E-state index contributed by atoms with van der Waals surface area (Å²) in [7, 11) is -3.73. The number of primary sulfonamides is 1. The number of carbonyl (C=O) groups is 1. The fraction of sp³-hybridized carbons (Fsp3) is 0.143. The van der Waals surface area contributed by atoms with Crippen LogP contribution in [0.5, 0.6) is 5.75 Å². The first-order valence-electron chi connectivity index (χ1n) is 6.41. The van der Waals surface area contributed by atoms with E-state index in [9.17, 15) is 13.2 Å². The molecule has 9 heteroatoms. The number of aromatic nitrogens is 1. The fourth-order valence-electron chi connectivity index (χ4n) is 1.64. The van der Waals surface area contributed by atoms with Gasteiger partial charge >= 0.3 is 5.97 Å². The second-order valence-electron chi connectivity index (χ2n) is 4.34. The maximum Gasteiger partial charge on any atom is 0.341 e. The van der Waals surface area contributed by atoms with Crippen LogP contribution in [0.25, 0.3) is 0 Å². The van der Waals surface area contributed by atoms with Gasteiger partial charge in [0.2, 0.25) is 10.0 Å². The second kappa shape index (κ2) is 7.40. The van der Waals surface area contributed by atoms with Crippen LogP contribution in [0.15, 0.2) is 47.5 Å². The van der Waals surface area contributed by atoms with Crippen LogP contribution in [0.1, 0.15) is 10.4 Å². The van der Waals surface area contributed by atoms with E-state index >= 15 is 0 Å². The molecule has 0 spiro atoms. The third kappa shape index (κ3) is 4.92. The highest BCUT2D eigenvalue weighted by molar-refractivity contribution is 7.89. The Bertz CT molecular complexity index is 793. The van der Waals surface area contributed by atoms with E-state index in [0.29, 0.717) is 5.75 Å². The normalized spacial score (nSPS) is 11.0. The Morgan fingerprint density at radius 3 is 2.48 bits per heavy atom. The first kappa shape index (κ1) is 17.2. The van der Waals surface area contributed by atoms with Crippen LogP contribution in [0.4, 0.5) is 0 Å². The van der Waals surface area contributed by atoms with E-state index in [-0.39, 0.29) is 28.8 Å². The molecule has 2 N–H and O–H groups in total. The number of hydrogen-bond acceptors (Lipinski definition) is 6. The average Bonchev–Trinajstić information content (AvgIpc) is 2.51. The molecular formula is C14H13ClN2O5S. The van der Waals surface area contributed by atoms with Gasteiger partial charge in [-0.1, -0.05) is 11.6 Å². The van der Waals surface area contributed by atoms with Gasteiger partial charge in [-0.3, -0.25) is 0 Å². The maximum absolute atomic E-state index is 11.7. The van der Waals surface area contributed by atoms with Crippen LogP contribution in [-0.4, -0.2) is 32.6 Å². The predicted molar refractivity (Wildman–Crippen MR) is 82.8 cm³/mol. The van der Waals surface area contributed by atoms with Crippen molar-refractivity contribution in [3.8, 4) is 5.75 Å². The van der Waals surface area contributed by atoms with Gasteiger partial charge < -0.3 is 9.47 Å². The van der Waals surface area contributed by atoms with E-state index in [1.54, 1.807) is 6.07 Å². The molecule has 0 radical (unpaired) electrons. The molecule has 0 aliphatic heterocycles. The Morgan fingerprint density at radius 1 is 1.17 bits per heavy atom. The number of hydrogen-bond donors (Lipinski definition) is 1. The zero-order valence-corrected chi connectivity index (χ0v) is 13.4. The molecule has 2 aromatic rings. The van der Waals surface area contributed by atoms with Gasteiger partial charge in [0.15, 0.2) is 0 Å². The number of esters is 1. The van der Waals surface area contributed by atoms with Gasteiger partial charge in [0, 0.05) is 6.20 Å². The summed E-state index contributed by atoms with van der Waals surface area (Å²) in [4.78, 5) is 15.5. The molecule has 1 aromatic carbocycles. The number of carbonyl (C=O) groups excluding carboxylic acids is 1. The Balaban J connectivity index is 1.82. The van der Waals surface area contributed by atoms with Gasteiger partial charge in [-0.15, -0.1) is 0 Å². The zero-order valence-electron chi connectivity index (χ0n) is 11.8. The van der Waals surface area contributed by atoms with E-state index in [0.717, 1.165) is 0 Å². The largest absolute Gasteiger partial charge is 0.490 e. The van der Waals surface area contributed by atoms with Gasteiger partial charge in [0.1, 0.15) is 24.1 Å². The summed E-state index contributed by atoms with van der Waals surface area (Å²) in [5, 5.41) is 5.05. The van der Waals surface area contributed by atoms with Gasteiger partial charge in [0.25, 0.3) is 0 Å². The number of nitrogens with zero attached hydrogens (tertiary/aromatic N) is 1. The highest BCUT2D eigenvalue weighted by atomic mass is 35.5. The minimum absolute atomic E-state index is 0.000988. The summed E-state index contributed by atoms with van der Waals surface area (Å²) < 4.78 is 32.5. The third-order valence-corrected chi connectivity index (χ3v) is 3.95. The van der Waals surface area contributed by atoms with E-state index in [4.69, 9.17) is 26.2 Å². The molecule has 122 valence electrons. The Hall–Kier alpha value is -2.16. The van der Waals surface area contributed by atoms with Crippen molar-refractivity contribution < 1.29 is 22.7 Å². The SMILES string of the molecule is NS(=O)(=O)c1ccc(OCCOC(=O)c2cccnc2Cl)cc1. The molecule has 0 fully saturated rings. The molecule has 0 aliphatic carbocycles. The van der Waals surface area contributed by atoms with Gasteiger partial charge in [-0.25, -0.2) is 23.3 Å². The molecule has 0 saturated heterocycles. The molecular weight excluding hydrogens is 344 g/mol. The van der Waals surface area contributed by atoms with Gasteiger partial charge in [-0.05, 0) is 36.4 Å². The highest BCUT2D eigenvalue weighted by Crippen LogP contribution is 2.15. The molecule has 0 aliphatic rings. The number of pyridine rings is 1. The lowest BCUT2D eigenvalue weighted by molar-refractivity contribution is 0.0450. The number of ether oxygens (including phenoxy) is 2. The zero-order chi connectivity index (χ0) is 16.9. The maximum atomic E-state index is 11.7. The average molecular weight is 357 g/mol. The van der Waals surface area contributed by atoms with Crippen LogP contribution in [0.3, 0.4) is 0 Å². The van der Waals surface area contributed by atoms with E-state index in [2.05, 4.69) is 4.98 Å². The van der Waals surface area contributed by atoms with E-state index in [1.807, 2.05) is 0 Å². The van der Waals surface area contributed by atoms with Crippen LogP contribution in [0, 0.1) is 0 Å². The number of benzene rings is 1. The summed E-state index contributed by atoms with van der Waals surface area (Å²) >= 11 is 5.78. The van der Waals surface area contributed by atoms with Crippen molar-refractivity contribution in [3.05, 3.63) is 53.3 Å². The smallest absolute Gasteiger partial charge is 0.341 e. The van der Waals surface area contributed by atoms with Crippen molar-refractivity contribution in [2.45, 2.75) is 4.90 Å². The minimum Gasteiger partial charge on any atom is -0.490 e. The molecule has 1 heterocycles. The third-order valence-electron chi connectivity index (χ3n) is 2.72. The van der Waals surface area contributed by atoms with E-state index in [1.165, 1.54) is 36.5 Å². The topological polar surface area (TPSA) is 109 Å². The van der Waals surface area contributed by atoms with Crippen LogP contribution < -0.4 is 9.88 Å². The van der Waals surface area contributed by atoms with Crippen molar-refractivity contribution >= 4 is 27.6 Å². The van der Waals surface area contributed by atoms with Crippen LogP contribution in [-0.2, 0) is 14.8 Å². The molecule has 2 rings (SSSR count). The Morgan fingerprint density at radius 2 is 1.87 bits per heavy atom. The summed E-state index contributed by atoms with van der Waals surface area (Å²) in [6, 6.07) is 8.65. The Labute approximate surface area is 138 Å². The van der Waals surface area contributed by atoms with Crippen molar-refractivity contribution in [1.29, 1.82) is 0 Å². The first-order valence-corrected chi connectivity index (χ1v) is 8.33. The summed E-state index contributed by atoms with van der Waals surface area (Å²) in [5.41, 5.74) is 0.173. The summed E-state index contributed by atoms with van der Waals surface area (Å²) in [5.74, 6) is -0.177. The molecule has 0 bridgehead atoms. The molecule has 0 saturated carbocycles. The van der Waals surface area contributed by atoms with Crippen molar-refractivity contribution in [2.24, 2.45) is 5.14 Å². The van der Waals surface area contributed by atoms with Gasteiger partial charge in [-0.2, -0.15) is 0 Å².